The van der Waals surface area contributed by atoms with Crippen molar-refractivity contribution < 1.29 is 13.2 Å². The number of nitrogen functional groups attached to an aromatic ring is 1. The van der Waals surface area contributed by atoms with Crippen LogP contribution in [0.25, 0.3) is 22.0 Å². The van der Waals surface area contributed by atoms with Crippen LogP contribution in [0.4, 0.5) is 11.6 Å². The minimum Gasteiger partial charge on any atom is -0.437 e. The number of halogens is 1. The van der Waals surface area contributed by atoms with Gasteiger partial charge < -0.3 is 10.5 Å². The maximum atomic E-state index is 12.4. The molecule has 4 aromatic rings. The molecule has 4 rings (SSSR count). The summed E-state index contributed by atoms with van der Waals surface area (Å²) in [4.78, 5) is 12.5. The first-order valence-electron chi connectivity index (χ1n) is 10.2. The Bertz CT molecular complexity index is 1440. The van der Waals surface area contributed by atoms with Crippen molar-refractivity contribution in [1.29, 1.82) is 0 Å². The second-order valence-electron chi connectivity index (χ2n) is 7.44. The first kappa shape index (κ1) is 22.8. The van der Waals surface area contributed by atoms with Crippen LogP contribution in [-0.4, -0.2) is 29.1 Å². The van der Waals surface area contributed by atoms with E-state index in [4.69, 9.17) is 22.1 Å². The van der Waals surface area contributed by atoms with E-state index in [1.165, 1.54) is 6.20 Å². The Labute approximate surface area is 196 Å². The van der Waals surface area contributed by atoms with Gasteiger partial charge in [0, 0.05) is 23.2 Å². The molecule has 0 spiro atoms. The molecular formula is C23H22ClN5O3S. The number of aromatic nitrogens is 3. The summed E-state index contributed by atoms with van der Waals surface area (Å²) in [7, 11) is -3.45. The predicted octanol–water partition coefficient (Wildman–Crippen LogP) is 5.18. The number of nitrogens with one attached hydrogen (secondary N) is 1. The number of anilines is 2. The molecule has 0 saturated heterocycles. The van der Waals surface area contributed by atoms with Crippen LogP contribution in [0.1, 0.15) is 18.9 Å². The van der Waals surface area contributed by atoms with Crippen molar-refractivity contribution in [1.82, 2.24) is 15.0 Å². The monoisotopic (exact) mass is 483 g/mol. The number of ether oxygens (including phenoxy) is 1. The molecule has 3 N–H and O–H groups in total. The summed E-state index contributed by atoms with van der Waals surface area (Å²) in [6, 6.07) is 12.5. The highest BCUT2D eigenvalue weighted by molar-refractivity contribution is 7.92. The third-order valence-electron chi connectivity index (χ3n) is 4.91. The zero-order valence-electron chi connectivity index (χ0n) is 18.0. The highest BCUT2D eigenvalue weighted by atomic mass is 35.5. The highest BCUT2D eigenvalue weighted by Crippen LogP contribution is 2.39. The van der Waals surface area contributed by atoms with Crippen molar-refractivity contribution >= 4 is 44.0 Å². The molecule has 0 atom stereocenters. The average Bonchev–Trinajstić information content (AvgIpc) is 2.76. The van der Waals surface area contributed by atoms with Gasteiger partial charge in [-0.15, -0.1) is 0 Å². The lowest BCUT2D eigenvalue weighted by atomic mass is 10.0. The molecule has 0 saturated carbocycles. The van der Waals surface area contributed by atoms with Gasteiger partial charge in [0.25, 0.3) is 0 Å². The number of nitrogens with two attached hydrogens (primary N) is 1. The van der Waals surface area contributed by atoms with Gasteiger partial charge in [-0.2, -0.15) is 0 Å². The Morgan fingerprint density at radius 1 is 1.12 bits per heavy atom. The summed E-state index contributed by atoms with van der Waals surface area (Å²) in [5.74, 6) is 0.981. The summed E-state index contributed by atoms with van der Waals surface area (Å²) in [6.45, 7) is 3.72. The van der Waals surface area contributed by atoms with Crippen molar-refractivity contribution in [3.8, 4) is 22.9 Å². The van der Waals surface area contributed by atoms with E-state index in [0.717, 1.165) is 10.9 Å². The molecule has 0 radical (unpaired) electrons. The molecule has 0 bridgehead atoms. The van der Waals surface area contributed by atoms with Crippen molar-refractivity contribution in [2.75, 3.05) is 16.2 Å². The van der Waals surface area contributed by atoms with E-state index in [0.29, 0.717) is 39.5 Å². The molecule has 0 aliphatic rings. The Hall–Kier alpha value is -3.43. The fraction of sp³-hybridized carbons (Fsp3) is 0.174. The summed E-state index contributed by atoms with van der Waals surface area (Å²) in [5.41, 5.74) is 8.15. The molecule has 0 unspecified atom stereocenters. The molecule has 0 aliphatic heterocycles. The van der Waals surface area contributed by atoms with E-state index in [9.17, 15) is 8.42 Å². The summed E-state index contributed by atoms with van der Waals surface area (Å²) >= 11 is 6.19. The number of fused-ring (bicyclic) bond motifs is 1. The number of benzene rings is 2. The van der Waals surface area contributed by atoms with Gasteiger partial charge in [0.2, 0.25) is 21.9 Å². The number of nitrogens with zero attached hydrogens (tertiary/aromatic N) is 3. The van der Waals surface area contributed by atoms with Crippen LogP contribution in [0.3, 0.4) is 0 Å². The average molecular weight is 484 g/mol. The lowest BCUT2D eigenvalue weighted by molar-refractivity contribution is 0.466. The molecule has 2 aromatic carbocycles. The molecule has 0 fully saturated rings. The Morgan fingerprint density at radius 3 is 2.70 bits per heavy atom. The molecular weight excluding hydrogens is 462 g/mol. The van der Waals surface area contributed by atoms with Crippen molar-refractivity contribution in [3.05, 3.63) is 65.4 Å². The molecule has 0 aliphatic carbocycles. The molecule has 2 aromatic heterocycles. The number of aryl methyl sites for hydroxylation is 1. The molecule has 2 heterocycles. The van der Waals surface area contributed by atoms with E-state index in [2.05, 4.69) is 19.7 Å². The first-order chi connectivity index (χ1) is 15.8. The van der Waals surface area contributed by atoms with E-state index in [1.807, 2.05) is 32.0 Å². The van der Waals surface area contributed by atoms with E-state index in [-0.39, 0.29) is 17.6 Å². The smallest absolute Gasteiger partial charge is 0.232 e. The third-order valence-corrected chi connectivity index (χ3v) is 6.60. The Balaban J connectivity index is 1.82. The van der Waals surface area contributed by atoms with Gasteiger partial charge in [-0.3, -0.25) is 4.72 Å². The van der Waals surface area contributed by atoms with Crippen LogP contribution < -0.4 is 15.2 Å². The van der Waals surface area contributed by atoms with Gasteiger partial charge in [0.15, 0.2) is 0 Å². The summed E-state index contributed by atoms with van der Waals surface area (Å²) < 4.78 is 33.7. The van der Waals surface area contributed by atoms with Crippen LogP contribution in [0.15, 0.2) is 54.9 Å². The summed E-state index contributed by atoms with van der Waals surface area (Å²) in [5, 5.41) is 1.85. The van der Waals surface area contributed by atoms with Gasteiger partial charge in [0.1, 0.15) is 5.75 Å². The van der Waals surface area contributed by atoms with E-state index >= 15 is 0 Å². The third kappa shape index (κ3) is 4.99. The second kappa shape index (κ2) is 9.21. The zero-order valence-corrected chi connectivity index (χ0v) is 19.6. The van der Waals surface area contributed by atoms with Gasteiger partial charge in [-0.1, -0.05) is 42.8 Å². The number of sulfonamides is 1. The van der Waals surface area contributed by atoms with Gasteiger partial charge in [-0.05, 0) is 37.1 Å². The van der Waals surface area contributed by atoms with Crippen molar-refractivity contribution in [3.63, 3.8) is 0 Å². The predicted molar refractivity (Wildman–Crippen MR) is 131 cm³/mol. The quantitative estimate of drug-likeness (QED) is 0.371. The topological polar surface area (TPSA) is 120 Å². The molecule has 8 nitrogen and oxygen atoms in total. The van der Waals surface area contributed by atoms with Crippen LogP contribution in [0, 0.1) is 6.92 Å². The zero-order chi connectivity index (χ0) is 23.6. The molecule has 0 amide bonds. The standard InChI is InChI=1S/C23H22ClN5O3S/c1-3-11-33(30,31)29-20-6-4-5-17-16(20)8-7-14(2)21(17)32-22-18(12-15(24)13-27-22)19-9-10-26-23(25)28-19/h4-10,12-13,29H,3,11H2,1-2H3,(H2,25,26,28). The van der Waals surface area contributed by atoms with Crippen LogP contribution in [-0.2, 0) is 10.0 Å². The Morgan fingerprint density at radius 2 is 1.94 bits per heavy atom. The Kier molecular flexibility index (Phi) is 6.35. The van der Waals surface area contributed by atoms with Gasteiger partial charge >= 0.3 is 0 Å². The number of hydrogen-bond acceptors (Lipinski definition) is 7. The fourth-order valence-electron chi connectivity index (χ4n) is 3.46. The maximum Gasteiger partial charge on any atom is 0.232 e. The first-order valence-corrected chi connectivity index (χ1v) is 12.3. The minimum atomic E-state index is -3.45. The SMILES string of the molecule is CCCS(=O)(=O)Nc1cccc2c(Oc3ncc(Cl)cc3-c3ccnc(N)n3)c(C)ccc12. The fourth-order valence-corrected chi connectivity index (χ4v) is 4.77. The number of hydrogen-bond donors (Lipinski definition) is 2. The highest BCUT2D eigenvalue weighted by Gasteiger charge is 2.17. The van der Waals surface area contributed by atoms with E-state index in [1.54, 1.807) is 30.5 Å². The maximum absolute atomic E-state index is 12.4. The lowest BCUT2D eigenvalue weighted by Gasteiger charge is -2.16. The minimum absolute atomic E-state index is 0.0404. The van der Waals surface area contributed by atoms with Crippen molar-refractivity contribution in [2.45, 2.75) is 20.3 Å². The summed E-state index contributed by atoms with van der Waals surface area (Å²) in [6.07, 6.45) is 3.54. The number of pyridine rings is 1. The van der Waals surface area contributed by atoms with Gasteiger partial charge in [0.05, 0.1) is 27.7 Å². The van der Waals surface area contributed by atoms with E-state index < -0.39 is 10.0 Å². The van der Waals surface area contributed by atoms with Crippen LogP contribution in [0.2, 0.25) is 5.02 Å². The van der Waals surface area contributed by atoms with Crippen molar-refractivity contribution in [2.24, 2.45) is 0 Å². The molecule has 10 heteroatoms. The second-order valence-corrected chi connectivity index (χ2v) is 9.72. The number of rotatable bonds is 7. The van der Waals surface area contributed by atoms with Crippen LogP contribution in [0.5, 0.6) is 11.6 Å². The van der Waals surface area contributed by atoms with Gasteiger partial charge in [-0.25, -0.2) is 23.4 Å². The molecule has 33 heavy (non-hydrogen) atoms. The lowest BCUT2D eigenvalue weighted by Crippen LogP contribution is -2.16. The van der Waals surface area contributed by atoms with Crippen LogP contribution >= 0.6 is 11.6 Å². The largest absolute Gasteiger partial charge is 0.437 e. The molecule has 170 valence electrons. The normalized spacial score (nSPS) is 11.5.